The van der Waals surface area contributed by atoms with Crippen LogP contribution < -0.4 is 5.73 Å². The van der Waals surface area contributed by atoms with Crippen LogP contribution in [0.1, 0.15) is 30.3 Å². The van der Waals surface area contributed by atoms with E-state index >= 15 is 0 Å². The van der Waals surface area contributed by atoms with Crippen LogP contribution in [-0.2, 0) is 4.79 Å². The number of anilines is 1. The van der Waals surface area contributed by atoms with Crippen LogP contribution in [0, 0.1) is 0 Å². The number of hydrogen-bond acceptors (Lipinski definition) is 6. The third-order valence-corrected chi connectivity index (χ3v) is 4.92. The number of thiazole rings is 1. The van der Waals surface area contributed by atoms with E-state index in [2.05, 4.69) is 4.98 Å². The van der Waals surface area contributed by atoms with Crippen LogP contribution in [0.15, 0.2) is 5.38 Å². The van der Waals surface area contributed by atoms with Crippen molar-refractivity contribution in [3.8, 4) is 0 Å². The topological polar surface area (TPSA) is 96.5 Å². The fraction of sp³-hybridized carbons (Fsp3) is 0.545. The number of nitrogens with zero attached hydrogens (tertiary/aromatic N) is 2. The average Bonchev–Trinajstić information content (AvgIpc) is 2.95. The highest BCUT2D eigenvalue weighted by atomic mass is 32.2. The van der Waals surface area contributed by atoms with Crippen molar-refractivity contribution in [2.45, 2.75) is 31.2 Å². The fourth-order valence-electron chi connectivity index (χ4n) is 2.01. The van der Waals surface area contributed by atoms with E-state index in [4.69, 9.17) is 5.73 Å². The van der Waals surface area contributed by atoms with E-state index in [9.17, 15) is 14.7 Å². The number of aromatic nitrogens is 1. The second-order valence-electron chi connectivity index (χ2n) is 4.21. The van der Waals surface area contributed by atoms with Crippen molar-refractivity contribution in [3.05, 3.63) is 11.1 Å². The zero-order valence-electron chi connectivity index (χ0n) is 10.4. The van der Waals surface area contributed by atoms with Crippen molar-refractivity contribution in [1.29, 1.82) is 0 Å². The van der Waals surface area contributed by atoms with Crippen LogP contribution >= 0.6 is 23.1 Å². The van der Waals surface area contributed by atoms with Gasteiger partial charge in [0.2, 0.25) is 0 Å². The Hall–Kier alpha value is -1.28. The first-order valence-corrected chi connectivity index (χ1v) is 7.85. The van der Waals surface area contributed by atoms with E-state index in [0.717, 1.165) is 12.8 Å². The average molecular weight is 301 g/mol. The number of thioether (sulfide) groups is 1. The van der Waals surface area contributed by atoms with Gasteiger partial charge in [0, 0.05) is 11.1 Å². The SMILES string of the molecule is CCCC1SCC(C(=O)O)N1C(=O)c1csc(N)n1. The molecule has 0 radical (unpaired) electrons. The van der Waals surface area contributed by atoms with Gasteiger partial charge in [0.15, 0.2) is 5.13 Å². The highest BCUT2D eigenvalue weighted by Gasteiger charge is 2.42. The number of nitrogens with two attached hydrogens (primary N) is 1. The third-order valence-electron chi connectivity index (χ3n) is 2.89. The maximum Gasteiger partial charge on any atom is 0.327 e. The molecule has 2 unspecified atom stereocenters. The zero-order valence-corrected chi connectivity index (χ0v) is 12.0. The van der Waals surface area contributed by atoms with Crippen LogP contribution in [0.2, 0.25) is 0 Å². The molecule has 2 rings (SSSR count). The predicted molar refractivity (Wildman–Crippen MR) is 75.3 cm³/mol. The summed E-state index contributed by atoms with van der Waals surface area (Å²) in [5, 5.41) is 11.0. The Morgan fingerprint density at radius 1 is 1.63 bits per heavy atom. The van der Waals surface area contributed by atoms with Gasteiger partial charge in [0.25, 0.3) is 5.91 Å². The summed E-state index contributed by atoms with van der Waals surface area (Å²) in [5.74, 6) is -0.891. The third kappa shape index (κ3) is 2.84. The van der Waals surface area contributed by atoms with Gasteiger partial charge in [-0.05, 0) is 6.42 Å². The lowest BCUT2D eigenvalue weighted by Gasteiger charge is -2.26. The molecule has 6 nitrogen and oxygen atoms in total. The highest BCUT2D eigenvalue weighted by Crippen LogP contribution is 2.33. The summed E-state index contributed by atoms with van der Waals surface area (Å²) in [6.45, 7) is 2.01. The molecule has 1 saturated heterocycles. The van der Waals surface area contributed by atoms with Gasteiger partial charge in [-0.3, -0.25) is 4.79 Å². The lowest BCUT2D eigenvalue weighted by molar-refractivity contribution is -0.141. The van der Waals surface area contributed by atoms with Gasteiger partial charge < -0.3 is 15.7 Å². The Morgan fingerprint density at radius 3 is 2.89 bits per heavy atom. The largest absolute Gasteiger partial charge is 0.480 e. The summed E-state index contributed by atoms with van der Waals surface area (Å²) in [6, 6.07) is -0.781. The molecular formula is C11H15N3O3S2. The normalized spacial score (nSPS) is 22.7. The van der Waals surface area contributed by atoms with Crippen molar-refractivity contribution in [1.82, 2.24) is 9.88 Å². The van der Waals surface area contributed by atoms with Crippen molar-refractivity contribution in [3.63, 3.8) is 0 Å². The van der Waals surface area contributed by atoms with Crippen LogP contribution in [0.25, 0.3) is 0 Å². The van der Waals surface area contributed by atoms with Gasteiger partial charge >= 0.3 is 5.97 Å². The van der Waals surface area contributed by atoms with Crippen molar-refractivity contribution < 1.29 is 14.7 Å². The molecule has 1 amide bonds. The maximum atomic E-state index is 12.4. The second kappa shape index (κ2) is 5.79. The first-order chi connectivity index (χ1) is 9.04. The van der Waals surface area contributed by atoms with Gasteiger partial charge in [0.05, 0.1) is 5.37 Å². The molecule has 8 heteroatoms. The van der Waals surface area contributed by atoms with Gasteiger partial charge in [-0.25, -0.2) is 9.78 Å². The number of aliphatic carboxylic acids is 1. The summed E-state index contributed by atoms with van der Waals surface area (Å²) in [4.78, 5) is 29.0. The molecule has 0 saturated carbocycles. The van der Waals surface area contributed by atoms with E-state index in [1.54, 1.807) is 5.38 Å². The van der Waals surface area contributed by atoms with Gasteiger partial charge in [-0.1, -0.05) is 13.3 Å². The quantitative estimate of drug-likeness (QED) is 0.874. The molecule has 2 heterocycles. The van der Waals surface area contributed by atoms with Crippen molar-refractivity contribution in [2.24, 2.45) is 0 Å². The molecule has 2 atom stereocenters. The molecule has 1 aromatic rings. The molecule has 1 aliphatic heterocycles. The highest BCUT2D eigenvalue weighted by molar-refractivity contribution is 8.00. The first-order valence-electron chi connectivity index (χ1n) is 5.92. The lowest BCUT2D eigenvalue weighted by atomic mass is 10.2. The summed E-state index contributed by atoms with van der Waals surface area (Å²) in [7, 11) is 0. The number of rotatable bonds is 4. The number of nitrogen functional groups attached to an aromatic ring is 1. The number of amides is 1. The van der Waals surface area contributed by atoms with Crippen LogP contribution in [0.5, 0.6) is 0 Å². The molecule has 0 spiro atoms. The van der Waals surface area contributed by atoms with Crippen LogP contribution in [0.3, 0.4) is 0 Å². The summed E-state index contributed by atoms with van der Waals surface area (Å²) in [5.41, 5.74) is 5.75. The molecule has 0 aromatic carbocycles. The molecule has 104 valence electrons. The molecule has 3 N–H and O–H groups in total. The van der Waals surface area contributed by atoms with E-state index in [1.165, 1.54) is 28.0 Å². The molecular weight excluding hydrogens is 286 g/mol. The monoisotopic (exact) mass is 301 g/mol. The van der Waals surface area contributed by atoms with Crippen LogP contribution in [0.4, 0.5) is 5.13 Å². The number of carbonyl (C=O) groups excluding carboxylic acids is 1. The minimum absolute atomic E-state index is 0.0958. The smallest absolute Gasteiger partial charge is 0.327 e. The minimum Gasteiger partial charge on any atom is -0.480 e. The molecule has 1 aliphatic rings. The Morgan fingerprint density at radius 2 is 2.37 bits per heavy atom. The van der Waals surface area contributed by atoms with E-state index < -0.39 is 12.0 Å². The molecule has 1 fully saturated rings. The van der Waals surface area contributed by atoms with E-state index in [1.807, 2.05) is 6.92 Å². The molecule has 0 aliphatic carbocycles. The lowest BCUT2D eigenvalue weighted by Crippen LogP contribution is -2.45. The Bertz CT molecular complexity index is 491. The fourth-order valence-corrected chi connectivity index (χ4v) is 4.06. The van der Waals surface area contributed by atoms with E-state index in [-0.39, 0.29) is 17.0 Å². The Balaban J connectivity index is 2.25. The van der Waals surface area contributed by atoms with Gasteiger partial charge in [-0.2, -0.15) is 0 Å². The number of carboxylic acids is 1. The first kappa shape index (κ1) is 14.1. The predicted octanol–water partition coefficient (Wildman–Crippen LogP) is 1.49. The number of carboxylic acid groups (broad SMARTS) is 1. The van der Waals surface area contributed by atoms with Crippen molar-refractivity contribution in [2.75, 3.05) is 11.5 Å². The maximum absolute atomic E-state index is 12.4. The number of carbonyl (C=O) groups is 2. The Kier molecular flexibility index (Phi) is 4.31. The Labute approximate surface area is 119 Å². The van der Waals surface area contributed by atoms with Crippen LogP contribution in [-0.4, -0.2) is 44.0 Å². The van der Waals surface area contributed by atoms with E-state index in [0.29, 0.717) is 10.9 Å². The molecule has 19 heavy (non-hydrogen) atoms. The standard InChI is InChI=1S/C11H15N3O3S2/c1-2-3-8-14(7(5-18-8)10(16)17)9(15)6-4-19-11(12)13-6/h4,7-8H,2-3,5H2,1H3,(H2,12,13)(H,16,17). The summed E-state index contributed by atoms with van der Waals surface area (Å²) >= 11 is 2.69. The summed E-state index contributed by atoms with van der Waals surface area (Å²) < 4.78 is 0. The zero-order chi connectivity index (χ0) is 14.0. The molecule has 1 aromatic heterocycles. The minimum atomic E-state index is -0.970. The van der Waals surface area contributed by atoms with Gasteiger partial charge in [-0.15, -0.1) is 23.1 Å². The molecule has 0 bridgehead atoms. The second-order valence-corrected chi connectivity index (χ2v) is 6.31. The van der Waals surface area contributed by atoms with Gasteiger partial charge in [0.1, 0.15) is 11.7 Å². The van der Waals surface area contributed by atoms with Crippen molar-refractivity contribution >= 4 is 40.1 Å². The summed E-state index contributed by atoms with van der Waals surface area (Å²) in [6.07, 6.45) is 1.67. The number of hydrogen-bond donors (Lipinski definition) is 2.